The van der Waals surface area contributed by atoms with Crippen LogP contribution in [0.25, 0.3) is 5.65 Å². The van der Waals surface area contributed by atoms with E-state index in [9.17, 15) is 22.4 Å². The molecule has 0 saturated heterocycles. The van der Waals surface area contributed by atoms with Crippen LogP contribution in [0.3, 0.4) is 0 Å². The quantitative estimate of drug-likeness (QED) is 0.730. The van der Waals surface area contributed by atoms with E-state index in [0.717, 1.165) is 12.1 Å². The number of amides is 1. The molecule has 0 atom stereocenters. The van der Waals surface area contributed by atoms with E-state index in [1.807, 2.05) is 0 Å². The molecule has 8 heteroatoms. The van der Waals surface area contributed by atoms with E-state index in [4.69, 9.17) is 0 Å². The minimum Gasteiger partial charge on any atom is -0.320 e. The number of hydrogen-bond acceptors (Lipinski definition) is 2. The van der Waals surface area contributed by atoms with Crippen molar-refractivity contribution in [2.24, 2.45) is 0 Å². The molecule has 0 bridgehead atoms. The van der Waals surface area contributed by atoms with Crippen molar-refractivity contribution >= 4 is 17.2 Å². The second-order valence-electron chi connectivity index (χ2n) is 4.73. The molecule has 4 nitrogen and oxygen atoms in total. The van der Waals surface area contributed by atoms with E-state index >= 15 is 0 Å². The summed E-state index contributed by atoms with van der Waals surface area (Å²) in [6.07, 6.45) is -1.75. The number of aromatic nitrogens is 2. The standard InChI is InChI=1S/C15H9F4N3O/c16-9-4-5-11(10(7-9)15(17,18)19)21-14(23)12-8-22-6-2-1-3-13(22)20-12/h1-8H,(H,21,23). The second kappa shape index (κ2) is 5.38. The van der Waals surface area contributed by atoms with E-state index in [1.165, 1.54) is 6.20 Å². The number of imidazole rings is 1. The number of nitrogens with one attached hydrogen (secondary N) is 1. The summed E-state index contributed by atoms with van der Waals surface area (Å²) < 4.78 is 53.3. The molecule has 0 aliphatic rings. The normalized spacial score (nSPS) is 11.7. The molecule has 0 radical (unpaired) electrons. The number of alkyl halides is 3. The lowest BCUT2D eigenvalue weighted by molar-refractivity contribution is -0.137. The van der Waals surface area contributed by atoms with Crippen molar-refractivity contribution in [2.75, 3.05) is 5.32 Å². The van der Waals surface area contributed by atoms with Gasteiger partial charge in [-0.25, -0.2) is 9.37 Å². The predicted octanol–water partition coefficient (Wildman–Crippen LogP) is 3.74. The predicted molar refractivity (Wildman–Crippen MR) is 74.5 cm³/mol. The Hall–Kier alpha value is -2.90. The second-order valence-corrected chi connectivity index (χ2v) is 4.73. The number of hydrogen-bond donors (Lipinski definition) is 1. The van der Waals surface area contributed by atoms with Crippen molar-refractivity contribution in [2.45, 2.75) is 6.18 Å². The van der Waals surface area contributed by atoms with Crippen molar-refractivity contribution in [3.05, 3.63) is 65.9 Å². The topological polar surface area (TPSA) is 46.4 Å². The highest BCUT2D eigenvalue weighted by Crippen LogP contribution is 2.35. The number of nitrogens with zero attached hydrogens (tertiary/aromatic N) is 2. The molecule has 118 valence electrons. The molecule has 2 heterocycles. The molecule has 0 saturated carbocycles. The van der Waals surface area contributed by atoms with Gasteiger partial charge in [-0.15, -0.1) is 0 Å². The lowest BCUT2D eigenvalue weighted by Gasteiger charge is -2.13. The first-order valence-corrected chi connectivity index (χ1v) is 6.46. The monoisotopic (exact) mass is 323 g/mol. The molecule has 1 amide bonds. The van der Waals surface area contributed by atoms with Crippen LogP contribution in [0.15, 0.2) is 48.8 Å². The molecule has 0 aliphatic heterocycles. The van der Waals surface area contributed by atoms with Gasteiger partial charge in [-0.2, -0.15) is 13.2 Å². The lowest BCUT2D eigenvalue weighted by Crippen LogP contribution is -2.17. The molecule has 2 aromatic heterocycles. The Bertz CT molecular complexity index is 853. The molecule has 0 aliphatic carbocycles. The fourth-order valence-electron chi connectivity index (χ4n) is 2.09. The highest BCUT2D eigenvalue weighted by Gasteiger charge is 2.34. The Morgan fingerprint density at radius 1 is 1.17 bits per heavy atom. The number of fused-ring (bicyclic) bond motifs is 1. The van der Waals surface area contributed by atoms with Crippen LogP contribution < -0.4 is 5.32 Å². The van der Waals surface area contributed by atoms with Gasteiger partial charge in [0.1, 0.15) is 17.2 Å². The van der Waals surface area contributed by atoms with Gasteiger partial charge in [0.15, 0.2) is 0 Å². The number of halogens is 4. The molecular weight excluding hydrogens is 314 g/mol. The van der Waals surface area contributed by atoms with Crippen LogP contribution in [-0.2, 0) is 6.18 Å². The minimum atomic E-state index is -4.79. The zero-order chi connectivity index (χ0) is 16.6. The van der Waals surface area contributed by atoms with Gasteiger partial charge < -0.3 is 9.72 Å². The SMILES string of the molecule is O=C(Nc1ccc(F)cc1C(F)(F)F)c1cn2ccccc2n1. The van der Waals surface area contributed by atoms with E-state index in [-0.39, 0.29) is 5.69 Å². The van der Waals surface area contributed by atoms with Gasteiger partial charge in [0.25, 0.3) is 5.91 Å². The molecule has 1 aromatic carbocycles. The van der Waals surface area contributed by atoms with Gasteiger partial charge in [-0.3, -0.25) is 4.79 Å². The Balaban J connectivity index is 1.94. The molecule has 0 unspecified atom stereocenters. The van der Waals surface area contributed by atoms with Gasteiger partial charge in [-0.1, -0.05) is 6.07 Å². The molecule has 3 aromatic rings. The van der Waals surface area contributed by atoms with Crippen LogP contribution in [0.4, 0.5) is 23.2 Å². The molecule has 0 fully saturated rings. The summed E-state index contributed by atoms with van der Waals surface area (Å²) in [5.74, 6) is -1.85. The maximum atomic E-state index is 13.0. The summed E-state index contributed by atoms with van der Waals surface area (Å²) in [6, 6.07) is 7.12. The maximum absolute atomic E-state index is 13.0. The van der Waals surface area contributed by atoms with Gasteiger partial charge in [0.05, 0.1) is 11.3 Å². The third kappa shape index (κ3) is 3.01. The van der Waals surface area contributed by atoms with Gasteiger partial charge in [0, 0.05) is 12.4 Å². The molecule has 1 N–H and O–H groups in total. The Kier molecular flexibility index (Phi) is 3.51. The largest absolute Gasteiger partial charge is 0.418 e. The number of carbonyl (C=O) groups is 1. The van der Waals surface area contributed by atoms with Crippen LogP contribution in [0.2, 0.25) is 0 Å². The first kappa shape index (κ1) is 15.0. The zero-order valence-electron chi connectivity index (χ0n) is 11.4. The van der Waals surface area contributed by atoms with E-state index in [1.54, 1.807) is 28.8 Å². The van der Waals surface area contributed by atoms with Crippen molar-refractivity contribution < 1.29 is 22.4 Å². The average molecular weight is 323 g/mol. The number of anilines is 1. The lowest BCUT2D eigenvalue weighted by atomic mass is 10.1. The van der Waals surface area contributed by atoms with Gasteiger partial charge >= 0.3 is 6.18 Å². The average Bonchev–Trinajstić information content (AvgIpc) is 2.92. The number of pyridine rings is 1. The van der Waals surface area contributed by atoms with Crippen LogP contribution in [-0.4, -0.2) is 15.3 Å². The number of benzene rings is 1. The Morgan fingerprint density at radius 2 is 1.96 bits per heavy atom. The zero-order valence-corrected chi connectivity index (χ0v) is 11.4. The first-order valence-electron chi connectivity index (χ1n) is 6.46. The molecule has 3 rings (SSSR count). The summed E-state index contributed by atoms with van der Waals surface area (Å²) in [5.41, 5.74) is -1.35. The highest BCUT2D eigenvalue weighted by atomic mass is 19.4. The van der Waals surface area contributed by atoms with Crippen LogP contribution in [0, 0.1) is 5.82 Å². The number of rotatable bonds is 2. The van der Waals surface area contributed by atoms with Gasteiger partial charge in [0.2, 0.25) is 0 Å². The van der Waals surface area contributed by atoms with Crippen LogP contribution in [0.1, 0.15) is 16.1 Å². The fourth-order valence-corrected chi connectivity index (χ4v) is 2.09. The molecule has 23 heavy (non-hydrogen) atoms. The third-order valence-electron chi connectivity index (χ3n) is 3.13. The summed E-state index contributed by atoms with van der Waals surface area (Å²) in [5, 5.41) is 2.12. The van der Waals surface area contributed by atoms with E-state index in [0.29, 0.717) is 11.7 Å². The number of carbonyl (C=O) groups excluding carboxylic acids is 1. The smallest absolute Gasteiger partial charge is 0.320 e. The summed E-state index contributed by atoms with van der Waals surface area (Å²) >= 11 is 0. The third-order valence-corrected chi connectivity index (χ3v) is 3.13. The summed E-state index contributed by atoms with van der Waals surface area (Å²) in [7, 11) is 0. The van der Waals surface area contributed by atoms with E-state index < -0.39 is 29.2 Å². The summed E-state index contributed by atoms with van der Waals surface area (Å²) in [4.78, 5) is 16.1. The fraction of sp³-hybridized carbons (Fsp3) is 0.0667. The van der Waals surface area contributed by atoms with Gasteiger partial charge in [-0.05, 0) is 30.3 Å². The van der Waals surface area contributed by atoms with Crippen LogP contribution >= 0.6 is 0 Å². The van der Waals surface area contributed by atoms with Crippen molar-refractivity contribution in [1.29, 1.82) is 0 Å². The van der Waals surface area contributed by atoms with E-state index in [2.05, 4.69) is 10.3 Å². The Morgan fingerprint density at radius 3 is 2.65 bits per heavy atom. The summed E-state index contributed by atoms with van der Waals surface area (Å²) in [6.45, 7) is 0. The molecule has 0 spiro atoms. The van der Waals surface area contributed by atoms with Crippen LogP contribution in [0.5, 0.6) is 0 Å². The minimum absolute atomic E-state index is 0.0475. The maximum Gasteiger partial charge on any atom is 0.418 e. The van der Waals surface area contributed by atoms with Crippen molar-refractivity contribution in [3.8, 4) is 0 Å². The first-order chi connectivity index (χ1) is 10.8. The Labute approximate surface area is 127 Å². The highest BCUT2D eigenvalue weighted by molar-refractivity contribution is 6.03. The van der Waals surface area contributed by atoms with Crippen molar-refractivity contribution in [1.82, 2.24) is 9.38 Å². The van der Waals surface area contributed by atoms with Crippen molar-refractivity contribution in [3.63, 3.8) is 0 Å². The molecular formula is C15H9F4N3O.